The summed E-state index contributed by atoms with van der Waals surface area (Å²) in [5.74, 6) is -0.405. The van der Waals surface area contributed by atoms with Crippen molar-refractivity contribution >= 4 is 11.6 Å². The van der Waals surface area contributed by atoms with Crippen LogP contribution in [-0.2, 0) is 0 Å². The molecule has 0 aliphatic carbocycles. The lowest BCUT2D eigenvalue weighted by Gasteiger charge is -2.04. The lowest BCUT2D eigenvalue weighted by atomic mass is 10.2. The van der Waals surface area contributed by atoms with Crippen LogP contribution in [0.4, 0.5) is 5.69 Å². The Kier molecular flexibility index (Phi) is 3.05. The summed E-state index contributed by atoms with van der Waals surface area (Å²) in [5, 5.41) is 2.68. The molecule has 2 rings (SSSR count). The highest BCUT2D eigenvalue weighted by atomic mass is 16.2. The van der Waals surface area contributed by atoms with Crippen LogP contribution in [0.1, 0.15) is 15.9 Å². The topological polar surface area (TPSA) is 62.0 Å². The number of benzene rings is 1. The molecule has 1 aromatic heterocycles. The maximum Gasteiger partial charge on any atom is 0.261 e. The van der Waals surface area contributed by atoms with Crippen molar-refractivity contribution in [2.75, 3.05) is 5.32 Å². The quantitative estimate of drug-likeness (QED) is 0.825. The lowest BCUT2D eigenvalue weighted by Crippen LogP contribution is -2.22. The van der Waals surface area contributed by atoms with Gasteiger partial charge in [0.05, 0.1) is 0 Å². The van der Waals surface area contributed by atoms with Gasteiger partial charge >= 0.3 is 0 Å². The molecule has 1 heterocycles. The van der Waals surface area contributed by atoms with E-state index in [0.29, 0.717) is 5.69 Å². The predicted octanol–water partition coefficient (Wildman–Crippen LogP) is 1.94. The Bertz CT molecular complexity index is 602. The Balaban J connectivity index is 2.23. The molecule has 0 unspecified atom stereocenters. The number of aryl methyl sites for hydroxylation is 1. The second-order valence-corrected chi connectivity index (χ2v) is 3.74. The van der Waals surface area contributed by atoms with Crippen LogP contribution in [0, 0.1) is 6.92 Å². The van der Waals surface area contributed by atoms with E-state index >= 15 is 0 Å². The van der Waals surface area contributed by atoms with Crippen molar-refractivity contribution in [3.05, 3.63) is 64.1 Å². The first-order valence-corrected chi connectivity index (χ1v) is 5.22. The smallest absolute Gasteiger partial charge is 0.261 e. The Morgan fingerprint density at radius 1 is 1.24 bits per heavy atom. The predicted molar refractivity (Wildman–Crippen MR) is 66.2 cm³/mol. The molecule has 17 heavy (non-hydrogen) atoms. The standard InChI is InChI=1S/C13H12N2O2/c1-9-4-2-5-10(8-9)15-13(17)11-6-3-7-14-12(11)16/h2-8H,1H3,(H,14,16)(H,15,17). The average molecular weight is 228 g/mol. The fourth-order valence-electron chi connectivity index (χ4n) is 1.52. The zero-order valence-corrected chi connectivity index (χ0v) is 9.36. The van der Waals surface area contributed by atoms with Crippen LogP contribution < -0.4 is 10.9 Å². The van der Waals surface area contributed by atoms with E-state index in [9.17, 15) is 9.59 Å². The van der Waals surface area contributed by atoms with Crippen LogP contribution in [0.15, 0.2) is 47.4 Å². The largest absolute Gasteiger partial charge is 0.328 e. The third-order valence-electron chi connectivity index (χ3n) is 2.34. The molecule has 2 aromatic rings. The Labute approximate surface area is 98.3 Å². The number of pyridine rings is 1. The van der Waals surface area contributed by atoms with E-state index in [-0.39, 0.29) is 5.56 Å². The number of carbonyl (C=O) groups excluding carboxylic acids is 1. The molecule has 1 aromatic carbocycles. The van der Waals surface area contributed by atoms with Gasteiger partial charge < -0.3 is 10.3 Å². The van der Waals surface area contributed by atoms with E-state index in [1.807, 2.05) is 25.1 Å². The lowest BCUT2D eigenvalue weighted by molar-refractivity contribution is 0.102. The monoisotopic (exact) mass is 228 g/mol. The molecule has 0 atom stereocenters. The van der Waals surface area contributed by atoms with Crippen molar-refractivity contribution in [1.29, 1.82) is 0 Å². The number of aromatic amines is 1. The maximum absolute atomic E-state index is 11.8. The second-order valence-electron chi connectivity index (χ2n) is 3.74. The highest BCUT2D eigenvalue weighted by Crippen LogP contribution is 2.10. The van der Waals surface area contributed by atoms with E-state index in [1.165, 1.54) is 12.3 Å². The molecule has 86 valence electrons. The third-order valence-corrected chi connectivity index (χ3v) is 2.34. The maximum atomic E-state index is 11.8. The van der Waals surface area contributed by atoms with Crippen LogP contribution in [0.2, 0.25) is 0 Å². The van der Waals surface area contributed by atoms with Gasteiger partial charge in [0, 0.05) is 11.9 Å². The molecule has 4 nitrogen and oxygen atoms in total. The van der Waals surface area contributed by atoms with E-state index in [2.05, 4.69) is 10.3 Å². The molecular weight excluding hydrogens is 216 g/mol. The summed E-state index contributed by atoms with van der Waals surface area (Å²) >= 11 is 0. The molecule has 4 heteroatoms. The number of carbonyl (C=O) groups is 1. The summed E-state index contributed by atoms with van der Waals surface area (Å²) in [6.07, 6.45) is 1.49. The van der Waals surface area contributed by atoms with Gasteiger partial charge in [-0.3, -0.25) is 9.59 Å². The van der Waals surface area contributed by atoms with Crippen LogP contribution in [0.5, 0.6) is 0 Å². The number of amides is 1. The Morgan fingerprint density at radius 2 is 2.06 bits per heavy atom. The van der Waals surface area contributed by atoms with Gasteiger partial charge in [0.25, 0.3) is 11.5 Å². The molecule has 0 aliphatic rings. The van der Waals surface area contributed by atoms with E-state index in [1.54, 1.807) is 12.1 Å². The minimum absolute atomic E-state index is 0.106. The first-order chi connectivity index (χ1) is 8.16. The van der Waals surface area contributed by atoms with Gasteiger partial charge in [-0.05, 0) is 36.8 Å². The molecule has 2 N–H and O–H groups in total. The van der Waals surface area contributed by atoms with E-state index in [0.717, 1.165) is 5.56 Å². The minimum atomic E-state index is -0.405. The molecule has 0 fully saturated rings. The summed E-state index contributed by atoms with van der Waals surface area (Å²) in [6, 6.07) is 10.5. The molecular formula is C13H12N2O2. The third kappa shape index (κ3) is 2.60. The SMILES string of the molecule is Cc1cccc(NC(=O)c2ccc[nH]c2=O)c1. The van der Waals surface area contributed by atoms with Gasteiger partial charge in [-0.15, -0.1) is 0 Å². The average Bonchev–Trinajstić information content (AvgIpc) is 2.29. The number of nitrogens with one attached hydrogen (secondary N) is 2. The first-order valence-electron chi connectivity index (χ1n) is 5.22. The van der Waals surface area contributed by atoms with Gasteiger partial charge in [-0.1, -0.05) is 12.1 Å². The number of H-pyrrole nitrogens is 1. The van der Waals surface area contributed by atoms with Crippen LogP contribution in [-0.4, -0.2) is 10.9 Å². The van der Waals surface area contributed by atoms with Crippen LogP contribution in [0.3, 0.4) is 0 Å². The number of hydrogen-bond donors (Lipinski definition) is 2. The Morgan fingerprint density at radius 3 is 2.76 bits per heavy atom. The van der Waals surface area contributed by atoms with E-state index < -0.39 is 11.5 Å². The normalized spacial score (nSPS) is 9.94. The van der Waals surface area contributed by atoms with Gasteiger partial charge in [-0.25, -0.2) is 0 Å². The van der Waals surface area contributed by atoms with Gasteiger partial charge in [0.15, 0.2) is 0 Å². The second kappa shape index (κ2) is 4.65. The summed E-state index contributed by atoms with van der Waals surface area (Å²) in [7, 11) is 0. The van der Waals surface area contributed by atoms with E-state index in [4.69, 9.17) is 0 Å². The van der Waals surface area contributed by atoms with Crippen molar-refractivity contribution in [3.8, 4) is 0 Å². The number of anilines is 1. The zero-order chi connectivity index (χ0) is 12.3. The van der Waals surface area contributed by atoms with Gasteiger partial charge in [-0.2, -0.15) is 0 Å². The van der Waals surface area contributed by atoms with Crippen molar-refractivity contribution in [2.24, 2.45) is 0 Å². The fraction of sp³-hybridized carbons (Fsp3) is 0.0769. The molecule has 0 saturated carbocycles. The van der Waals surface area contributed by atoms with Crippen molar-refractivity contribution in [1.82, 2.24) is 4.98 Å². The minimum Gasteiger partial charge on any atom is -0.328 e. The zero-order valence-electron chi connectivity index (χ0n) is 9.36. The summed E-state index contributed by atoms with van der Waals surface area (Å²) in [5.41, 5.74) is 1.44. The van der Waals surface area contributed by atoms with Gasteiger partial charge in [0.2, 0.25) is 0 Å². The number of aromatic nitrogens is 1. The fourth-order valence-corrected chi connectivity index (χ4v) is 1.52. The van der Waals surface area contributed by atoms with Crippen molar-refractivity contribution in [2.45, 2.75) is 6.92 Å². The van der Waals surface area contributed by atoms with Crippen LogP contribution >= 0.6 is 0 Å². The molecule has 1 amide bonds. The number of hydrogen-bond acceptors (Lipinski definition) is 2. The van der Waals surface area contributed by atoms with Crippen molar-refractivity contribution < 1.29 is 4.79 Å². The van der Waals surface area contributed by atoms with Gasteiger partial charge in [0.1, 0.15) is 5.56 Å². The molecule has 0 saturated heterocycles. The van der Waals surface area contributed by atoms with Crippen LogP contribution in [0.25, 0.3) is 0 Å². The Hall–Kier alpha value is -2.36. The molecule has 0 radical (unpaired) electrons. The first kappa shape index (κ1) is 11.1. The molecule has 0 aliphatic heterocycles. The van der Waals surface area contributed by atoms with Crippen molar-refractivity contribution in [3.63, 3.8) is 0 Å². The molecule has 0 spiro atoms. The molecule has 0 bridgehead atoms. The highest BCUT2D eigenvalue weighted by Gasteiger charge is 2.09. The number of rotatable bonds is 2. The summed E-state index contributed by atoms with van der Waals surface area (Å²) in [6.45, 7) is 1.94. The highest BCUT2D eigenvalue weighted by molar-refractivity contribution is 6.03. The summed E-state index contributed by atoms with van der Waals surface area (Å²) in [4.78, 5) is 25.7. The summed E-state index contributed by atoms with van der Waals surface area (Å²) < 4.78 is 0.